The molecule has 0 aliphatic heterocycles. The van der Waals surface area contributed by atoms with Crippen LogP contribution in [-0.4, -0.2) is 29.7 Å². The van der Waals surface area contributed by atoms with Crippen molar-refractivity contribution in [2.45, 2.75) is 11.2 Å². The van der Waals surface area contributed by atoms with Crippen molar-refractivity contribution in [1.29, 1.82) is 0 Å². The highest BCUT2D eigenvalue weighted by Crippen LogP contribution is 2.29. The van der Waals surface area contributed by atoms with Crippen LogP contribution in [0.5, 0.6) is 0 Å². The minimum atomic E-state index is -4.44. The fourth-order valence-corrected chi connectivity index (χ4v) is 2.44. The number of aromatic nitrogens is 1. The molecule has 0 saturated carbocycles. The van der Waals surface area contributed by atoms with Crippen molar-refractivity contribution in [2.24, 2.45) is 0 Å². The molecule has 2 aromatic rings. The molecule has 0 radical (unpaired) electrons. The molecule has 6 nitrogen and oxygen atoms in total. The molecule has 10 heteroatoms. The van der Waals surface area contributed by atoms with Crippen LogP contribution in [0.3, 0.4) is 0 Å². The van der Waals surface area contributed by atoms with E-state index in [9.17, 15) is 22.8 Å². The molecule has 1 aromatic heterocycles. The number of alkyl halides is 3. The van der Waals surface area contributed by atoms with Crippen molar-refractivity contribution >= 4 is 35.1 Å². The van der Waals surface area contributed by atoms with Gasteiger partial charge >= 0.3 is 12.2 Å². The Bertz CT molecular complexity index is 765. The smallest absolute Gasteiger partial charge is 0.341 e. The number of nitrogens with zero attached hydrogens (tertiary/aromatic N) is 1. The van der Waals surface area contributed by atoms with Crippen LogP contribution in [0.4, 0.5) is 29.3 Å². The Labute approximate surface area is 151 Å². The van der Waals surface area contributed by atoms with Crippen molar-refractivity contribution in [1.82, 2.24) is 10.3 Å². The quantitative estimate of drug-likeness (QED) is 0.688. The molecule has 0 atom stereocenters. The lowest BCUT2D eigenvalue weighted by Gasteiger charge is -2.08. The Hall–Kier alpha value is -2.75. The van der Waals surface area contributed by atoms with Gasteiger partial charge in [0.2, 0.25) is 5.91 Å². The number of rotatable bonds is 5. The zero-order chi connectivity index (χ0) is 19.2. The van der Waals surface area contributed by atoms with Gasteiger partial charge in [-0.05, 0) is 36.4 Å². The molecule has 26 heavy (non-hydrogen) atoms. The molecule has 0 aliphatic rings. The van der Waals surface area contributed by atoms with Crippen molar-refractivity contribution in [2.75, 3.05) is 23.4 Å². The summed E-state index contributed by atoms with van der Waals surface area (Å²) in [5.41, 5.74) is 0.251. The van der Waals surface area contributed by atoms with Gasteiger partial charge < -0.3 is 16.0 Å². The number of anilines is 2. The van der Waals surface area contributed by atoms with Gasteiger partial charge in [-0.2, -0.15) is 13.2 Å². The molecule has 138 valence electrons. The highest BCUT2D eigenvalue weighted by Gasteiger charge is 2.30. The van der Waals surface area contributed by atoms with Gasteiger partial charge in [-0.25, -0.2) is 9.78 Å². The maximum Gasteiger partial charge on any atom is 0.417 e. The number of hydrogen-bond donors (Lipinski definition) is 3. The third-order valence-electron chi connectivity index (χ3n) is 3.07. The summed E-state index contributed by atoms with van der Waals surface area (Å²) in [5, 5.41) is 7.96. The molecule has 3 N–H and O–H groups in total. The standard InChI is InChI=1S/C16H15F3N4O2S/c1-20-15(25)23-12-5-3-11(4-6-12)22-13(24)9-26-14-7-2-10(8-21-14)16(17,18)19/h2-8H,9H2,1H3,(H,22,24)(H2,20,23,25). The van der Waals surface area contributed by atoms with Gasteiger partial charge in [-0.15, -0.1) is 0 Å². The van der Waals surface area contributed by atoms with E-state index in [1.165, 1.54) is 13.1 Å². The highest BCUT2D eigenvalue weighted by atomic mass is 32.2. The third-order valence-corrected chi connectivity index (χ3v) is 4.01. The summed E-state index contributed by atoms with van der Waals surface area (Å²) in [6.45, 7) is 0. The number of carbonyl (C=O) groups is 2. The van der Waals surface area contributed by atoms with Crippen molar-refractivity contribution < 1.29 is 22.8 Å². The summed E-state index contributed by atoms with van der Waals surface area (Å²) < 4.78 is 37.4. The Balaban J connectivity index is 1.84. The predicted octanol–water partition coefficient (Wildman–Crippen LogP) is 3.58. The van der Waals surface area contributed by atoms with Crippen LogP contribution in [-0.2, 0) is 11.0 Å². The second-order valence-electron chi connectivity index (χ2n) is 5.00. The van der Waals surface area contributed by atoms with Crippen LogP contribution in [0, 0.1) is 0 Å². The van der Waals surface area contributed by atoms with E-state index in [0.29, 0.717) is 16.4 Å². The molecule has 1 aromatic carbocycles. The summed E-state index contributed by atoms with van der Waals surface area (Å²) in [6, 6.07) is 8.26. The molecular weight excluding hydrogens is 369 g/mol. The summed E-state index contributed by atoms with van der Waals surface area (Å²) in [4.78, 5) is 26.8. The van der Waals surface area contributed by atoms with E-state index >= 15 is 0 Å². The molecule has 0 aliphatic carbocycles. The van der Waals surface area contributed by atoms with E-state index in [1.807, 2.05) is 0 Å². The van der Waals surface area contributed by atoms with E-state index in [4.69, 9.17) is 0 Å². The molecule has 2 rings (SSSR count). The Morgan fingerprint density at radius 2 is 1.65 bits per heavy atom. The molecular formula is C16H15F3N4O2S. The molecule has 0 fully saturated rings. The number of hydrogen-bond acceptors (Lipinski definition) is 4. The van der Waals surface area contributed by atoms with Crippen LogP contribution >= 0.6 is 11.8 Å². The van der Waals surface area contributed by atoms with E-state index in [2.05, 4.69) is 20.9 Å². The highest BCUT2D eigenvalue weighted by molar-refractivity contribution is 7.99. The lowest BCUT2D eigenvalue weighted by atomic mass is 10.3. The van der Waals surface area contributed by atoms with Crippen molar-refractivity contribution in [3.8, 4) is 0 Å². The Kier molecular flexibility index (Phi) is 6.45. The molecule has 1 heterocycles. The first-order valence-corrected chi connectivity index (χ1v) is 8.31. The molecule has 0 unspecified atom stereocenters. The summed E-state index contributed by atoms with van der Waals surface area (Å²) in [7, 11) is 1.49. The Morgan fingerprint density at radius 3 is 2.15 bits per heavy atom. The first-order chi connectivity index (χ1) is 12.3. The van der Waals surface area contributed by atoms with Gasteiger partial charge in [0.1, 0.15) is 0 Å². The number of amides is 3. The van der Waals surface area contributed by atoms with Crippen molar-refractivity contribution in [3.05, 3.63) is 48.2 Å². The van der Waals surface area contributed by atoms with Gasteiger partial charge in [0.05, 0.1) is 16.3 Å². The zero-order valence-corrected chi connectivity index (χ0v) is 14.4. The molecule has 0 spiro atoms. The monoisotopic (exact) mass is 384 g/mol. The first kappa shape index (κ1) is 19.6. The molecule has 3 amide bonds. The largest absolute Gasteiger partial charge is 0.417 e. The molecule has 0 bridgehead atoms. The van der Waals surface area contributed by atoms with Crippen LogP contribution < -0.4 is 16.0 Å². The summed E-state index contributed by atoms with van der Waals surface area (Å²) in [5.74, 6) is -0.333. The van der Waals surface area contributed by atoms with Gasteiger partial charge in [0, 0.05) is 24.6 Å². The number of nitrogens with one attached hydrogen (secondary N) is 3. The van der Waals surface area contributed by atoms with Crippen LogP contribution in [0.2, 0.25) is 0 Å². The number of pyridine rings is 1. The maximum atomic E-state index is 12.5. The topological polar surface area (TPSA) is 83.1 Å². The number of thioether (sulfide) groups is 1. The second kappa shape index (κ2) is 8.56. The lowest BCUT2D eigenvalue weighted by molar-refractivity contribution is -0.137. The van der Waals surface area contributed by atoms with E-state index in [0.717, 1.165) is 24.0 Å². The van der Waals surface area contributed by atoms with E-state index in [-0.39, 0.29) is 17.7 Å². The minimum Gasteiger partial charge on any atom is -0.341 e. The minimum absolute atomic E-state index is 0.00337. The lowest BCUT2D eigenvalue weighted by Crippen LogP contribution is -2.24. The normalized spacial score (nSPS) is 10.9. The molecule has 0 saturated heterocycles. The SMILES string of the molecule is CNC(=O)Nc1ccc(NC(=O)CSc2ccc(C(F)(F)F)cn2)cc1. The fourth-order valence-electron chi connectivity index (χ4n) is 1.80. The summed E-state index contributed by atoms with van der Waals surface area (Å²) in [6.07, 6.45) is -3.70. The number of urea groups is 1. The average molecular weight is 384 g/mol. The fraction of sp³-hybridized carbons (Fsp3) is 0.188. The van der Waals surface area contributed by atoms with Crippen LogP contribution in [0.25, 0.3) is 0 Å². The average Bonchev–Trinajstić information content (AvgIpc) is 2.61. The van der Waals surface area contributed by atoms with Gasteiger partial charge in [0.15, 0.2) is 0 Å². The van der Waals surface area contributed by atoms with Gasteiger partial charge in [-0.3, -0.25) is 4.79 Å². The number of halogens is 3. The van der Waals surface area contributed by atoms with Crippen molar-refractivity contribution in [3.63, 3.8) is 0 Å². The predicted molar refractivity (Wildman–Crippen MR) is 93.1 cm³/mol. The first-order valence-electron chi connectivity index (χ1n) is 7.32. The number of benzene rings is 1. The summed E-state index contributed by atoms with van der Waals surface area (Å²) >= 11 is 1.03. The van der Waals surface area contributed by atoms with Crippen LogP contribution in [0.15, 0.2) is 47.6 Å². The second-order valence-corrected chi connectivity index (χ2v) is 6.00. The Morgan fingerprint density at radius 1 is 1.04 bits per heavy atom. The van der Waals surface area contributed by atoms with Crippen LogP contribution in [0.1, 0.15) is 5.56 Å². The third kappa shape index (κ3) is 5.96. The maximum absolute atomic E-state index is 12.5. The van der Waals surface area contributed by atoms with Gasteiger partial charge in [-0.1, -0.05) is 11.8 Å². The number of carbonyl (C=O) groups excluding carboxylic acids is 2. The van der Waals surface area contributed by atoms with Gasteiger partial charge in [0.25, 0.3) is 0 Å². The van der Waals surface area contributed by atoms with E-state index < -0.39 is 11.7 Å². The zero-order valence-electron chi connectivity index (χ0n) is 13.6. The van der Waals surface area contributed by atoms with E-state index in [1.54, 1.807) is 24.3 Å².